The third-order valence-corrected chi connectivity index (χ3v) is 4.69. The maximum Gasteiger partial charge on any atom is 0.168 e. The molecular formula is C23H25NO3. The highest BCUT2D eigenvalue weighted by atomic mass is 16.5. The van der Waals surface area contributed by atoms with Gasteiger partial charge in [0, 0.05) is 19.3 Å². The Balaban J connectivity index is 2.04. The molecule has 1 aliphatic carbocycles. The van der Waals surface area contributed by atoms with Gasteiger partial charge in [-0.15, -0.1) is 0 Å². The number of hydrogen-bond acceptors (Lipinski definition) is 4. The van der Waals surface area contributed by atoms with Gasteiger partial charge in [-0.1, -0.05) is 44.2 Å². The first-order valence-electron chi connectivity index (χ1n) is 9.09. The summed E-state index contributed by atoms with van der Waals surface area (Å²) < 4.78 is 5.19. The first kappa shape index (κ1) is 18.9. The van der Waals surface area contributed by atoms with Crippen LogP contribution in [-0.2, 0) is 11.2 Å². The Hall–Kier alpha value is -2.88. The highest BCUT2D eigenvalue weighted by Crippen LogP contribution is 2.37. The number of hydrogen-bond donors (Lipinski definition) is 1. The van der Waals surface area contributed by atoms with Crippen molar-refractivity contribution in [1.82, 2.24) is 0 Å². The zero-order valence-corrected chi connectivity index (χ0v) is 16.0. The van der Waals surface area contributed by atoms with Crippen molar-refractivity contribution in [2.75, 3.05) is 7.11 Å². The van der Waals surface area contributed by atoms with E-state index in [9.17, 15) is 9.90 Å². The van der Waals surface area contributed by atoms with Gasteiger partial charge in [0.05, 0.1) is 24.1 Å². The minimum atomic E-state index is -0.233. The Kier molecular flexibility index (Phi) is 5.45. The number of allylic oxidation sites excluding steroid dienone is 2. The van der Waals surface area contributed by atoms with Gasteiger partial charge in [-0.25, -0.2) is 0 Å². The Morgan fingerprint density at radius 2 is 1.74 bits per heavy atom. The summed E-state index contributed by atoms with van der Waals surface area (Å²) in [7, 11) is 1.62. The van der Waals surface area contributed by atoms with Crippen LogP contribution in [0.5, 0.6) is 5.75 Å². The second-order valence-corrected chi connectivity index (χ2v) is 7.68. The first-order valence-corrected chi connectivity index (χ1v) is 9.09. The molecule has 0 spiro atoms. The Morgan fingerprint density at radius 1 is 1.07 bits per heavy atom. The molecule has 2 aromatic carbocycles. The molecule has 140 valence electrons. The Bertz CT molecular complexity index is 878. The molecule has 2 aromatic rings. The Morgan fingerprint density at radius 3 is 2.33 bits per heavy atom. The van der Waals surface area contributed by atoms with Gasteiger partial charge in [-0.3, -0.25) is 9.79 Å². The van der Waals surface area contributed by atoms with Crippen LogP contribution < -0.4 is 4.74 Å². The van der Waals surface area contributed by atoms with Gasteiger partial charge in [0.15, 0.2) is 5.78 Å². The van der Waals surface area contributed by atoms with Crippen LogP contribution in [0.15, 0.2) is 70.9 Å². The van der Waals surface area contributed by atoms with Gasteiger partial charge >= 0.3 is 0 Å². The van der Waals surface area contributed by atoms with Crippen molar-refractivity contribution in [1.29, 1.82) is 0 Å². The van der Waals surface area contributed by atoms with Crippen molar-refractivity contribution in [2.24, 2.45) is 10.4 Å². The Labute approximate surface area is 160 Å². The molecule has 0 atom stereocenters. The van der Waals surface area contributed by atoms with Crippen LogP contribution in [-0.4, -0.2) is 23.7 Å². The van der Waals surface area contributed by atoms with Crippen LogP contribution in [0, 0.1) is 5.41 Å². The number of benzene rings is 2. The molecule has 0 aliphatic heterocycles. The molecule has 0 bridgehead atoms. The zero-order chi connectivity index (χ0) is 19.4. The van der Waals surface area contributed by atoms with Crippen molar-refractivity contribution in [3.8, 4) is 5.75 Å². The van der Waals surface area contributed by atoms with E-state index < -0.39 is 0 Å². The van der Waals surface area contributed by atoms with E-state index in [0.29, 0.717) is 30.5 Å². The second-order valence-electron chi connectivity index (χ2n) is 7.68. The van der Waals surface area contributed by atoms with E-state index in [-0.39, 0.29) is 17.0 Å². The molecule has 0 saturated heterocycles. The molecule has 27 heavy (non-hydrogen) atoms. The van der Waals surface area contributed by atoms with Crippen LogP contribution in [0.2, 0.25) is 0 Å². The lowest BCUT2D eigenvalue weighted by molar-refractivity contribution is -0.117. The van der Waals surface area contributed by atoms with Gasteiger partial charge in [0.1, 0.15) is 11.5 Å². The first-order chi connectivity index (χ1) is 12.9. The lowest BCUT2D eigenvalue weighted by Crippen LogP contribution is -2.30. The van der Waals surface area contributed by atoms with Crippen molar-refractivity contribution < 1.29 is 14.6 Å². The number of methoxy groups -OCH3 is 1. The van der Waals surface area contributed by atoms with Crippen molar-refractivity contribution in [2.45, 2.75) is 33.1 Å². The quantitative estimate of drug-likeness (QED) is 0.742. The summed E-state index contributed by atoms with van der Waals surface area (Å²) in [6, 6.07) is 17.2. The summed E-state index contributed by atoms with van der Waals surface area (Å²) in [5.74, 6) is 0.836. The normalized spacial score (nSPS) is 17.1. The number of aliphatic hydroxyl groups excluding tert-OH is 1. The topological polar surface area (TPSA) is 58.9 Å². The van der Waals surface area contributed by atoms with Crippen LogP contribution in [0.1, 0.15) is 32.3 Å². The van der Waals surface area contributed by atoms with Crippen LogP contribution >= 0.6 is 0 Å². The third-order valence-electron chi connectivity index (χ3n) is 4.69. The molecule has 0 saturated carbocycles. The molecule has 1 N–H and O–H groups in total. The number of Topliss-reactive ketones (excluding diaryl/α,β-unsaturated/α-hetero) is 1. The molecule has 1 aliphatic rings. The maximum absolute atomic E-state index is 12.8. The smallest absolute Gasteiger partial charge is 0.168 e. The molecule has 0 fully saturated rings. The molecule has 0 amide bonds. The average molecular weight is 363 g/mol. The summed E-state index contributed by atoms with van der Waals surface area (Å²) in [5, 5.41) is 10.6. The minimum absolute atomic E-state index is 0.0491. The molecule has 0 aromatic heterocycles. The van der Waals surface area contributed by atoms with Gasteiger partial charge in [0.25, 0.3) is 0 Å². The number of ketones is 1. The number of ether oxygens (including phenoxy) is 1. The summed E-state index contributed by atoms with van der Waals surface area (Å²) >= 11 is 0. The summed E-state index contributed by atoms with van der Waals surface area (Å²) in [4.78, 5) is 17.5. The molecule has 0 unspecified atom stereocenters. The van der Waals surface area contributed by atoms with E-state index in [1.807, 2.05) is 68.4 Å². The molecule has 4 nitrogen and oxygen atoms in total. The summed E-state index contributed by atoms with van der Waals surface area (Å²) in [6.45, 7) is 3.99. The fourth-order valence-corrected chi connectivity index (χ4v) is 3.40. The van der Waals surface area contributed by atoms with Crippen molar-refractivity contribution in [3.05, 3.63) is 71.5 Å². The lowest BCUT2D eigenvalue weighted by Gasteiger charge is -2.30. The monoisotopic (exact) mass is 363 g/mol. The number of carbonyl (C=O) groups is 1. The van der Waals surface area contributed by atoms with Gasteiger partial charge in [0.2, 0.25) is 0 Å². The lowest BCUT2D eigenvalue weighted by atomic mass is 9.75. The minimum Gasteiger partial charge on any atom is -0.511 e. The van der Waals surface area contributed by atoms with Crippen molar-refractivity contribution in [3.63, 3.8) is 0 Å². The number of nitrogens with zero attached hydrogens (tertiary/aromatic N) is 1. The molecule has 4 heteroatoms. The highest BCUT2D eigenvalue weighted by molar-refractivity contribution is 6.24. The van der Waals surface area contributed by atoms with E-state index in [1.54, 1.807) is 7.11 Å². The predicted octanol–water partition coefficient (Wildman–Crippen LogP) is 5.21. The standard InChI is InChI=1S/C23H25NO3/c1-23(2)14-20(25)22(21(26)15-23)19(13-16-7-5-4-6-8-16)24-17-9-11-18(27-3)12-10-17/h4-12,25H,13-15H2,1-3H3. The largest absolute Gasteiger partial charge is 0.511 e. The highest BCUT2D eigenvalue weighted by Gasteiger charge is 2.35. The summed E-state index contributed by atoms with van der Waals surface area (Å²) in [6.07, 6.45) is 1.37. The maximum atomic E-state index is 12.8. The van der Waals surface area contributed by atoms with Crippen molar-refractivity contribution >= 4 is 17.2 Å². The number of rotatable bonds is 5. The third kappa shape index (κ3) is 4.64. The van der Waals surface area contributed by atoms with E-state index >= 15 is 0 Å². The molecule has 3 rings (SSSR count). The fourth-order valence-electron chi connectivity index (χ4n) is 3.40. The van der Waals surface area contributed by atoms with Gasteiger partial charge in [-0.2, -0.15) is 0 Å². The number of aliphatic imine (C=N–C) groups is 1. The van der Waals surface area contributed by atoms with E-state index in [2.05, 4.69) is 0 Å². The van der Waals surface area contributed by atoms with Gasteiger partial charge in [-0.05, 0) is 35.2 Å². The van der Waals surface area contributed by atoms with E-state index in [1.165, 1.54) is 0 Å². The fraction of sp³-hybridized carbons (Fsp3) is 0.304. The number of aliphatic hydroxyl groups is 1. The molecular weight excluding hydrogens is 338 g/mol. The number of carbonyl (C=O) groups excluding carboxylic acids is 1. The second kappa shape index (κ2) is 7.78. The van der Waals surface area contributed by atoms with Crippen LogP contribution in [0.3, 0.4) is 0 Å². The molecule has 0 radical (unpaired) electrons. The zero-order valence-electron chi connectivity index (χ0n) is 16.0. The SMILES string of the molecule is COc1ccc(N=C(Cc2ccccc2)C2=C(O)CC(C)(C)CC2=O)cc1. The van der Waals surface area contributed by atoms with Gasteiger partial charge < -0.3 is 9.84 Å². The van der Waals surface area contributed by atoms with Crippen LogP contribution in [0.4, 0.5) is 5.69 Å². The summed E-state index contributed by atoms with van der Waals surface area (Å²) in [5.41, 5.74) is 2.50. The predicted molar refractivity (Wildman–Crippen MR) is 108 cm³/mol. The molecule has 0 heterocycles. The van der Waals surface area contributed by atoms with E-state index in [0.717, 1.165) is 17.0 Å². The van der Waals surface area contributed by atoms with E-state index in [4.69, 9.17) is 9.73 Å². The van der Waals surface area contributed by atoms with Crippen LogP contribution in [0.25, 0.3) is 0 Å². The average Bonchev–Trinajstić information content (AvgIpc) is 2.61.